The number of anilines is 1. The van der Waals surface area contributed by atoms with Gasteiger partial charge in [0.25, 0.3) is 5.56 Å². The molecule has 1 aromatic carbocycles. The van der Waals surface area contributed by atoms with Gasteiger partial charge in [-0.1, -0.05) is 18.2 Å². The van der Waals surface area contributed by atoms with Crippen molar-refractivity contribution < 1.29 is 5.11 Å². The van der Waals surface area contributed by atoms with Gasteiger partial charge < -0.3 is 15.0 Å². The molecule has 28 heavy (non-hydrogen) atoms. The number of hydrogen-bond acceptors (Lipinski definition) is 5. The standard InChI is InChI=1S/C21H21N5O2/c27-13-14-5-4-10-25(12-14)18-9-8-17-20(23-18)19-16(11-22-17)21(28)26(24-19)15-6-2-1-3-7-15/h1-3,6-9,11,14,22,27H,4-5,10,12-13H2. The number of benzene rings is 1. The molecule has 7 nitrogen and oxygen atoms in total. The van der Waals surface area contributed by atoms with Crippen LogP contribution in [-0.2, 0) is 0 Å². The van der Waals surface area contributed by atoms with Crippen LogP contribution in [-0.4, -0.2) is 44.6 Å². The molecule has 0 aliphatic carbocycles. The molecule has 0 bridgehead atoms. The lowest BCUT2D eigenvalue weighted by Crippen LogP contribution is -2.37. The number of para-hydroxylation sites is 1. The first-order valence-corrected chi connectivity index (χ1v) is 9.57. The Morgan fingerprint density at radius 3 is 2.86 bits per heavy atom. The van der Waals surface area contributed by atoms with Gasteiger partial charge in [0.15, 0.2) is 0 Å². The van der Waals surface area contributed by atoms with E-state index in [-0.39, 0.29) is 18.1 Å². The van der Waals surface area contributed by atoms with Crippen LogP contribution in [0.4, 0.5) is 5.82 Å². The summed E-state index contributed by atoms with van der Waals surface area (Å²) in [6, 6.07) is 13.4. The number of aromatic amines is 1. The molecule has 1 fully saturated rings. The number of pyridine rings is 2. The van der Waals surface area contributed by atoms with Crippen molar-refractivity contribution in [1.82, 2.24) is 19.7 Å². The minimum absolute atomic E-state index is 0.162. The smallest absolute Gasteiger partial charge is 0.282 e. The molecule has 0 saturated carbocycles. The fourth-order valence-corrected chi connectivity index (χ4v) is 3.96. The highest BCUT2D eigenvalue weighted by Crippen LogP contribution is 2.28. The zero-order chi connectivity index (χ0) is 19.1. The monoisotopic (exact) mass is 375 g/mol. The summed E-state index contributed by atoms with van der Waals surface area (Å²) in [7, 11) is 0. The summed E-state index contributed by atoms with van der Waals surface area (Å²) in [5, 5.41) is 14.1. The van der Waals surface area contributed by atoms with Crippen molar-refractivity contribution in [3.05, 3.63) is 59.0 Å². The van der Waals surface area contributed by atoms with E-state index in [0.717, 1.165) is 43.0 Å². The lowest BCUT2D eigenvalue weighted by atomic mass is 9.99. The molecule has 0 amide bonds. The van der Waals surface area contributed by atoms with E-state index in [9.17, 15) is 9.90 Å². The van der Waals surface area contributed by atoms with Gasteiger partial charge in [-0.15, -0.1) is 0 Å². The van der Waals surface area contributed by atoms with E-state index < -0.39 is 0 Å². The molecule has 0 spiro atoms. The fraction of sp³-hybridized carbons (Fsp3) is 0.286. The van der Waals surface area contributed by atoms with Gasteiger partial charge in [-0.3, -0.25) is 4.79 Å². The van der Waals surface area contributed by atoms with Gasteiger partial charge in [-0.2, -0.15) is 9.78 Å². The minimum atomic E-state index is -0.162. The van der Waals surface area contributed by atoms with Gasteiger partial charge in [0.2, 0.25) is 0 Å². The molecule has 7 heteroatoms. The van der Waals surface area contributed by atoms with Gasteiger partial charge >= 0.3 is 0 Å². The lowest BCUT2D eigenvalue weighted by molar-refractivity contribution is 0.208. The van der Waals surface area contributed by atoms with Crippen LogP contribution in [0, 0.1) is 5.92 Å². The number of fused-ring (bicyclic) bond motifs is 3. The van der Waals surface area contributed by atoms with E-state index >= 15 is 0 Å². The zero-order valence-corrected chi connectivity index (χ0v) is 15.4. The molecule has 5 rings (SSSR count). The molecule has 2 aromatic rings. The Hall–Kier alpha value is -3.19. The number of hydrogen-bond donors (Lipinski definition) is 2. The fourth-order valence-electron chi connectivity index (χ4n) is 3.96. The first-order valence-electron chi connectivity index (χ1n) is 9.57. The molecular formula is C21H21N5O2. The molecule has 4 heterocycles. The van der Waals surface area contributed by atoms with E-state index in [4.69, 9.17) is 4.98 Å². The van der Waals surface area contributed by atoms with Crippen LogP contribution in [0.1, 0.15) is 12.8 Å². The van der Waals surface area contributed by atoms with Crippen molar-refractivity contribution in [2.45, 2.75) is 12.8 Å². The molecule has 1 aromatic heterocycles. The van der Waals surface area contributed by atoms with Crippen molar-refractivity contribution in [3.8, 4) is 16.9 Å². The zero-order valence-electron chi connectivity index (χ0n) is 15.4. The maximum absolute atomic E-state index is 12.9. The number of H-pyrrole nitrogens is 1. The second kappa shape index (κ2) is 6.76. The summed E-state index contributed by atoms with van der Waals surface area (Å²) < 4.78 is 1.43. The van der Waals surface area contributed by atoms with Gasteiger partial charge in [-0.05, 0) is 43.0 Å². The third kappa shape index (κ3) is 2.75. The van der Waals surface area contributed by atoms with Crippen LogP contribution in [0.5, 0.6) is 0 Å². The van der Waals surface area contributed by atoms with Gasteiger partial charge in [0.1, 0.15) is 17.0 Å². The molecule has 1 saturated heterocycles. The van der Waals surface area contributed by atoms with Gasteiger partial charge in [0, 0.05) is 25.9 Å². The Labute approximate surface area is 161 Å². The van der Waals surface area contributed by atoms with Crippen molar-refractivity contribution in [1.29, 1.82) is 0 Å². The van der Waals surface area contributed by atoms with Crippen molar-refractivity contribution in [2.75, 3.05) is 24.6 Å². The average molecular weight is 375 g/mol. The summed E-state index contributed by atoms with van der Waals surface area (Å²) >= 11 is 0. The predicted molar refractivity (Wildman–Crippen MR) is 108 cm³/mol. The summed E-state index contributed by atoms with van der Waals surface area (Å²) in [6.45, 7) is 1.91. The van der Waals surface area contributed by atoms with Crippen LogP contribution in [0.25, 0.3) is 28.0 Å². The Kier molecular flexibility index (Phi) is 4.09. The predicted octanol–water partition coefficient (Wildman–Crippen LogP) is 2.42. The molecular weight excluding hydrogens is 354 g/mol. The minimum Gasteiger partial charge on any atom is -0.396 e. The highest BCUT2D eigenvalue weighted by Gasteiger charge is 2.23. The Morgan fingerprint density at radius 2 is 2.04 bits per heavy atom. The molecule has 1 atom stereocenters. The van der Waals surface area contributed by atoms with Crippen LogP contribution in [0.2, 0.25) is 0 Å². The third-order valence-corrected chi connectivity index (χ3v) is 5.46. The Morgan fingerprint density at radius 1 is 1.18 bits per heavy atom. The van der Waals surface area contributed by atoms with Crippen LogP contribution < -0.4 is 10.5 Å². The quantitative estimate of drug-likeness (QED) is 0.574. The van der Waals surface area contributed by atoms with E-state index in [1.54, 1.807) is 6.20 Å². The molecule has 0 radical (unpaired) electrons. The van der Waals surface area contributed by atoms with Gasteiger partial charge in [-0.25, -0.2) is 4.98 Å². The summed E-state index contributed by atoms with van der Waals surface area (Å²) in [4.78, 5) is 23.1. The largest absolute Gasteiger partial charge is 0.396 e. The number of rotatable bonds is 3. The van der Waals surface area contributed by atoms with Crippen molar-refractivity contribution in [3.63, 3.8) is 0 Å². The number of aromatic nitrogens is 4. The number of nitrogens with zero attached hydrogens (tertiary/aromatic N) is 4. The second-order valence-electron chi connectivity index (χ2n) is 7.31. The lowest BCUT2D eigenvalue weighted by Gasteiger charge is -2.32. The molecule has 3 aliphatic heterocycles. The number of aliphatic hydroxyl groups is 1. The topological polar surface area (TPSA) is 87.0 Å². The number of aliphatic hydroxyl groups excluding tert-OH is 1. The van der Waals surface area contributed by atoms with Gasteiger partial charge in [0.05, 0.1) is 16.8 Å². The number of piperidine rings is 1. The molecule has 2 N–H and O–H groups in total. The highest BCUT2D eigenvalue weighted by atomic mass is 16.3. The third-order valence-electron chi connectivity index (χ3n) is 5.46. The van der Waals surface area contributed by atoms with E-state index in [2.05, 4.69) is 15.0 Å². The number of nitrogens with one attached hydrogen (secondary N) is 1. The Balaban J connectivity index is 1.64. The summed E-state index contributed by atoms with van der Waals surface area (Å²) in [5.74, 6) is 1.13. The molecule has 1 unspecified atom stereocenters. The SMILES string of the molecule is O=c1c2c[nH]c3ccc(N4CCCC(CO)C4)nc3c-2nn1-c1ccccc1. The summed E-state index contributed by atoms with van der Waals surface area (Å²) in [6.07, 6.45) is 3.78. The molecule has 3 aliphatic rings. The van der Waals surface area contributed by atoms with E-state index in [1.807, 2.05) is 42.5 Å². The normalized spacial score (nSPS) is 17.5. The maximum Gasteiger partial charge on any atom is 0.282 e. The van der Waals surface area contributed by atoms with E-state index in [0.29, 0.717) is 16.8 Å². The maximum atomic E-state index is 12.9. The van der Waals surface area contributed by atoms with Crippen molar-refractivity contribution in [2.24, 2.45) is 5.92 Å². The van der Waals surface area contributed by atoms with Crippen LogP contribution >= 0.6 is 0 Å². The first-order chi connectivity index (χ1) is 13.7. The van der Waals surface area contributed by atoms with E-state index in [1.165, 1.54) is 4.68 Å². The van der Waals surface area contributed by atoms with Crippen LogP contribution in [0.15, 0.2) is 53.5 Å². The Bertz CT molecular complexity index is 1150. The molecule has 142 valence electrons. The van der Waals surface area contributed by atoms with Crippen LogP contribution in [0.3, 0.4) is 0 Å². The first kappa shape index (κ1) is 16.9. The highest BCUT2D eigenvalue weighted by molar-refractivity contribution is 5.91. The van der Waals surface area contributed by atoms with Crippen molar-refractivity contribution >= 4 is 16.9 Å². The summed E-state index contributed by atoms with van der Waals surface area (Å²) in [5.41, 5.74) is 3.21. The second-order valence-corrected chi connectivity index (χ2v) is 7.31. The average Bonchev–Trinajstić information content (AvgIpc) is 3.11.